The minimum atomic E-state index is -0.617. The second-order valence-electron chi connectivity index (χ2n) is 7.45. The van der Waals surface area contributed by atoms with Crippen LogP contribution < -0.4 is 5.32 Å². The molecule has 0 saturated carbocycles. The van der Waals surface area contributed by atoms with Gasteiger partial charge in [-0.25, -0.2) is 4.98 Å². The number of fused-ring (bicyclic) bond motifs is 1. The number of carbonyl (C=O) groups is 3. The summed E-state index contributed by atoms with van der Waals surface area (Å²) < 4.78 is 4.96. The van der Waals surface area contributed by atoms with Crippen molar-refractivity contribution in [3.63, 3.8) is 0 Å². The van der Waals surface area contributed by atoms with Gasteiger partial charge < -0.3 is 15.0 Å². The summed E-state index contributed by atoms with van der Waals surface area (Å²) in [7, 11) is 1.72. The molecule has 0 aliphatic carbocycles. The van der Waals surface area contributed by atoms with Crippen LogP contribution in [0.5, 0.6) is 0 Å². The van der Waals surface area contributed by atoms with Gasteiger partial charge in [-0.1, -0.05) is 48.5 Å². The maximum Gasteiger partial charge on any atom is 0.311 e. The summed E-state index contributed by atoms with van der Waals surface area (Å²) in [4.78, 5) is 44.2. The summed E-state index contributed by atoms with van der Waals surface area (Å²) in [5.74, 6) is -1.36. The van der Waals surface area contributed by atoms with Gasteiger partial charge in [0.2, 0.25) is 5.91 Å². The highest BCUT2D eigenvalue weighted by atomic mass is 32.1. The van der Waals surface area contributed by atoms with E-state index in [4.69, 9.17) is 4.74 Å². The van der Waals surface area contributed by atoms with Crippen molar-refractivity contribution in [3.8, 4) is 0 Å². The molecule has 0 bridgehead atoms. The molecule has 0 spiro atoms. The van der Waals surface area contributed by atoms with Crippen LogP contribution in [0.25, 0.3) is 0 Å². The number of nitrogens with one attached hydrogen (secondary N) is 1. The lowest BCUT2D eigenvalue weighted by molar-refractivity contribution is -0.142. The molecule has 3 aromatic rings. The monoisotopic (exact) mass is 449 g/mol. The number of likely N-dealkylation sites (N-methyl/N-ethyl adjacent to an activating group) is 1. The van der Waals surface area contributed by atoms with E-state index in [0.29, 0.717) is 28.6 Å². The normalized spacial score (nSPS) is 17.6. The Balaban J connectivity index is 1.65. The van der Waals surface area contributed by atoms with Gasteiger partial charge in [-0.15, -0.1) is 11.3 Å². The molecule has 1 N–H and O–H groups in total. The third-order valence-corrected chi connectivity index (χ3v) is 6.22. The number of hydrogen-bond donors (Lipinski definition) is 1. The van der Waals surface area contributed by atoms with Crippen molar-refractivity contribution in [2.24, 2.45) is 0 Å². The lowest BCUT2D eigenvalue weighted by atomic mass is 9.79. The summed E-state index contributed by atoms with van der Waals surface area (Å²) in [6.07, 6.45) is 0.0519. The van der Waals surface area contributed by atoms with E-state index in [1.807, 2.05) is 42.5 Å². The van der Waals surface area contributed by atoms with E-state index >= 15 is 0 Å². The number of carbonyl (C=O) groups excluding carboxylic acids is 3. The first-order chi connectivity index (χ1) is 15.5. The number of hydrogen-bond acceptors (Lipinski definition) is 6. The van der Waals surface area contributed by atoms with E-state index in [1.165, 1.54) is 11.3 Å². The molecule has 2 aromatic carbocycles. The fourth-order valence-electron chi connectivity index (χ4n) is 4.01. The third-order valence-electron chi connectivity index (χ3n) is 5.42. The Kier molecular flexibility index (Phi) is 6.32. The van der Waals surface area contributed by atoms with E-state index < -0.39 is 12.0 Å². The maximum absolute atomic E-state index is 13.5. The SMILES string of the molecule is CCOC(=O)Cc1csc(NC(=O)[C@@H]2c3ccccc3C(=O)N(C)[C@H]2c2ccccc2)n1. The quantitative estimate of drug-likeness (QED) is 0.579. The molecule has 2 amide bonds. The van der Waals surface area contributed by atoms with Gasteiger partial charge in [0.25, 0.3) is 5.91 Å². The van der Waals surface area contributed by atoms with Crippen molar-refractivity contribution in [1.29, 1.82) is 0 Å². The van der Waals surface area contributed by atoms with Gasteiger partial charge in [0.05, 0.1) is 30.7 Å². The Hall–Kier alpha value is -3.52. The Morgan fingerprint density at radius 2 is 1.84 bits per heavy atom. The second-order valence-corrected chi connectivity index (χ2v) is 8.31. The first kappa shape index (κ1) is 21.7. The highest BCUT2D eigenvalue weighted by Gasteiger charge is 2.42. The zero-order chi connectivity index (χ0) is 22.7. The van der Waals surface area contributed by atoms with Gasteiger partial charge in [0.15, 0.2) is 5.13 Å². The smallest absolute Gasteiger partial charge is 0.311 e. The Bertz CT molecular complexity index is 1140. The number of nitrogens with zero attached hydrogens (tertiary/aromatic N) is 2. The molecule has 8 heteroatoms. The van der Waals surface area contributed by atoms with Crippen molar-refractivity contribution < 1.29 is 19.1 Å². The first-order valence-corrected chi connectivity index (χ1v) is 11.2. The van der Waals surface area contributed by atoms with Gasteiger partial charge in [0.1, 0.15) is 0 Å². The number of amides is 2. The fraction of sp³-hybridized carbons (Fsp3) is 0.250. The largest absolute Gasteiger partial charge is 0.466 e. The van der Waals surface area contributed by atoms with Crippen LogP contribution in [0.15, 0.2) is 60.0 Å². The van der Waals surface area contributed by atoms with Crippen LogP contribution in [0.3, 0.4) is 0 Å². The molecule has 32 heavy (non-hydrogen) atoms. The number of aromatic nitrogens is 1. The van der Waals surface area contributed by atoms with Crippen LogP contribution in [0.1, 0.15) is 46.1 Å². The average molecular weight is 450 g/mol. The number of ether oxygens (including phenoxy) is 1. The van der Waals surface area contributed by atoms with E-state index in [-0.39, 0.29) is 24.2 Å². The van der Waals surface area contributed by atoms with Crippen molar-refractivity contribution in [1.82, 2.24) is 9.88 Å². The van der Waals surface area contributed by atoms with Gasteiger partial charge in [-0.05, 0) is 24.1 Å². The summed E-state index contributed by atoms with van der Waals surface area (Å²) >= 11 is 1.25. The van der Waals surface area contributed by atoms with E-state index in [2.05, 4.69) is 10.3 Å². The summed E-state index contributed by atoms with van der Waals surface area (Å²) in [5, 5.41) is 5.02. The third kappa shape index (κ3) is 4.27. The fourth-order valence-corrected chi connectivity index (χ4v) is 4.73. The van der Waals surface area contributed by atoms with Crippen LogP contribution in [0.2, 0.25) is 0 Å². The standard InChI is InChI=1S/C24H23N3O4S/c1-3-31-19(28)13-16-14-32-24(25-16)26-22(29)20-17-11-7-8-12-18(17)23(30)27(2)21(20)15-9-5-4-6-10-15/h4-12,14,20-21H,3,13H2,1-2H3,(H,25,26,29)/t20-,21+/m1/s1. The van der Waals surface area contributed by atoms with Crippen LogP contribution in [0.4, 0.5) is 5.13 Å². The van der Waals surface area contributed by atoms with E-state index in [9.17, 15) is 14.4 Å². The minimum Gasteiger partial charge on any atom is -0.466 e. The second kappa shape index (κ2) is 9.32. The Morgan fingerprint density at radius 1 is 1.12 bits per heavy atom. The molecule has 0 unspecified atom stereocenters. The zero-order valence-electron chi connectivity index (χ0n) is 17.8. The van der Waals surface area contributed by atoms with E-state index in [1.54, 1.807) is 36.4 Å². The highest BCUT2D eigenvalue weighted by molar-refractivity contribution is 7.13. The predicted molar refractivity (Wildman–Crippen MR) is 122 cm³/mol. The molecule has 164 valence electrons. The summed E-state index contributed by atoms with van der Waals surface area (Å²) in [6, 6.07) is 16.3. The lowest BCUT2D eigenvalue weighted by Gasteiger charge is -2.39. The molecule has 2 heterocycles. The lowest BCUT2D eigenvalue weighted by Crippen LogP contribution is -2.44. The molecular formula is C24H23N3O4S. The first-order valence-electron chi connectivity index (χ1n) is 10.3. The Labute approximate surface area is 190 Å². The van der Waals surface area contributed by atoms with Crippen LogP contribution >= 0.6 is 11.3 Å². The molecule has 0 saturated heterocycles. The van der Waals surface area contributed by atoms with Crippen molar-refractivity contribution >= 4 is 34.3 Å². The molecule has 1 aromatic heterocycles. The molecule has 0 fully saturated rings. The number of thiazole rings is 1. The van der Waals surface area contributed by atoms with Crippen LogP contribution in [-0.4, -0.2) is 41.3 Å². The Morgan fingerprint density at radius 3 is 2.59 bits per heavy atom. The van der Waals surface area contributed by atoms with Crippen molar-refractivity contribution in [3.05, 3.63) is 82.4 Å². The zero-order valence-corrected chi connectivity index (χ0v) is 18.6. The molecule has 2 atom stereocenters. The van der Waals surface area contributed by atoms with Crippen LogP contribution in [-0.2, 0) is 20.7 Å². The number of rotatable bonds is 6. The predicted octanol–water partition coefficient (Wildman–Crippen LogP) is 3.80. The van der Waals surface area contributed by atoms with Gasteiger partial charge in [-0.2, -0.15) is 0 Å². The summed E-state index contributed by atoms with van der Waals surface area (Å²) in [6.45, 7) is 2.05. The van der Waals surface area contributed by atoms with Crippen molar-refractivity contribution in [2.45, 2.75) is 25.3 Å². The molecule has 1 aliphatic heterocycles. The molecule has 4 rings (SSSR count). The maximum atomic E-state index is 13.5. The average Bonchev–Trinajstić information content (AvgIpc) is 3.23. The topological polar surface area (TPSA) is 88.6 Å². The molecular weight excluding hydrogens is 426 g/mol. The molecule has 7 nitrogen and oxygen atoms in total. The number of anilines is 1. The molecule has 1 aliphatic rings. The van der Waals surface area contributed by atoms with Gasteiger partial charge >= 0.3 is 5.97 Å². The highest BCUT2D eigenvalue weighted by Crippen LogP contribution is 2.42. The number of benzene rings is 2. The van der Waals surface area contributed by atoms with Gasteiger partial charge in [0, 0.05) is 18.0 Å². The molecule has 0 radical (unpaired) electrons. The van der Waals surface area contributed by atoms with Crippen molar-refractivity contribution in [2.75, 3.05) is 19.0 Å². The minimum absolute atomic E-state index is 0.0519. The number of esters is 1. The van der Waals surface area contributed by atoms with Crippen LogP contribution in [0, 0.1) is 0 Å². The van der Waals surface area contributed by atoms with Gasteiger partial charge in [-0.3, -0.25) is 14.4 Å². The van der Waals surface area contributed by atoms with E-state index in [0.717, 1.165) is 5.56 Å². The summed E-state index contributed by atoms with van der Waals surface area (Å²) in [5.41, 5.74) is 2.62.